The molecular formula is C30H43F2N3O2. The molecule has 2 amide bonds. The van der Waals surface area contributed by atoms with Crippen molar-refractivity contribution in [3.8, 4) is 5.75 Å². The van der Waals surface area contributed by atoms with E-state index in [4.69, 9.17) is 0 Å². The predicted molar refractivity (Wildman–Crippen MR) is 146 cm³/mol. The number of halogens is 2. The first kappa shape index (κ1) is 28.9. The van der Waals surface area contributed by atoms with Gasteiger partial charge in [0, 0.05) is 12.5 Å². The summed E-state index contributed by atoms with van der Waals surface area (Å²) in [7, 11) is 2.05. The van der Waals surface area contributed by atoms with Gasteiger partial charge in [-0.3, -0.25) is 0 Å². The van der Waals surface area contributed by atoms with E-state index in [-0.39, 0.29) is 29.0 Å². The normalized spacial score (nSPS) is 18.3. The third-order valence-electron chi connectivity index (χ3n) is 7.14. The number of piperidine rings is 1. The van der Waals surface area contributed by atoms with Crippen molar-refractivity contribution >= 4 is 6.03 Å². The molecule has 1 aromatic rings. The number of carbonyl (C=O) groups is 1. The van der Waals surface area contributed by atoms with E-state index < -0.39 is 17.7 Å². The van der Waals surface area contributed by atoms with Crippen molar-refractivity contribution in [1.29, 1.82) is 0 Å². The zero-order valence-electron chi connectivity index (χ0n) is 23.4. The fourth-order valence-corrected chi connectivity index (χ4v) is 4.86. The Bertz CT molecular complexity index is 1060. The van der Waals surface area contributed by atoms with E-state index in [9.17, 15) is 14.3 Å². The molecule has 1 heterocycles. The third-order valence-corrected chi connectivity index (χ3v) is 7.14. The van der Waals surface area contributed by atoms with Crippen molar-refractivity contribution in [2.45, 2.75) is 90.5 Å². The summed E-state index contributed by atoms with van der Waals surface area (Å²) in [6.45, 7) is 14.1. The molecule has 0 aromatic heterocycles. The fourth-order valence-electron chi connectivity index (χ4n) is 4.86. The van der Waals surface area contributed by atoms with E-state index in [2.05, 4.69) is 57.1 Å². The van der Waals surface area contributed by atoms with Crippen molar-refractivity contribution in [1.82, 2.24) is 15.5 Å². The molecule has 3 rings (SSSR count). The van der Waals surface area contributed by atoms with Gasteiger partial charge < -0.3 is 20.6 Å². The van der Waals surface area contributed by atoms with Gasteiger partial charge in [-0.15, -0.1) is 0 Å². The van der Waals surface area contributed by atoms with Crippen molar-refractivity contribution in [3.05, 3.63) is 63.9 Å². The minimum atomic E-state index is -0.561. The minimum Gasteiger partial charge on any atom is -0.507 e. The molecule has 0 atom stereocenters. The molecule has 0 spiro atoms. The van der Waals surface area contributed by atoms with Gasteiger partial charge in [0.1, 0.15) is 17.4 Å². The molecule has 1 aliphatic carbocycles. The molecule has 1 aliphatic heterocycles. The van der Waals surface area contributed by atoms with Gasteiger partial charge in [-0.2, -0.15) is 0 Å². The lowest BCUT2D eigenvalue weighted by atomic mass is 9.78. The number of urea groups is 1. The number of nitrogens with zero attached hydrogens (tertiary/aromatic N) is 1. The number of hydrogen-bond donors (Lipinski definition) is 3. The van der Waals surface area contributed by atoms with Crippen molar-refractivity contribution < 1.29 is 18.7 Å². The number of nitrogens with one attached hydrogen (secondary N) is 2. The summed E-state index contributed by atoms with van der Waals surface area (Å²) in [5.74, 6) is -0.784. The van der Waals surface area contributed by atoms with Crippen LogP contribution in [-0.4, -0.2) is 42.2 Å². The molecule has 1 saturated heterocycles. The number of phenols is 1. The number of benzene rings is 1. The Morgan fingerprint density at radius 3 is 2.14 bits per heavy atom. The van der Waals surface area contributed by atoms with Crippen LogP contribution in [0.15, 0.2) is 47.2 Å². The van der Waals surface area contributed by atoms with Crippen LogP contribution in [0.2, 0.25) is 0 Å². The SMILES string of the molecule is CN1CCC(NC(=O)NC2=C(F)CC=C(F)C=C2CCc2cc(C(C)(C)C)c(O)c(C(C)(C)C)c2)CC1. The first-order valence-corrected chi connectivity index (χ1v) is 13.2. The minimum absolute atomic E-state index is 0.0246. The molecule has 0 unspecified atom stereocenters. The number of aromatic hydroxyl groups is 1. The largest absolute Gasteiger partial charge is 0.507 e. The molecule has 5 nitrogen and oxygen atoms in total. The molecule has 3 N–H and O–H groups in total. The topological polar surface area (TPSA) is 64.6 Å². The Labute approximate surface area is 220 Å². The summed E-state index contributed by atoms with van der Waals surface area (Å²) < 4.78 is 29.5. The fraction of sp³-hybridized carbons (Fsp3) is 0.567. The second kappa shape index (κ2) is 11.4. The van der Waals surface area contributed by atoms with Crippen molar-refractivity contribution in [2.24, 2.45) is 0 Å². The first-order valence-electron chi connectivity index (χ1n) is 13.2. The number of rotatable bonds is 5. The van der Waals surface area contributed by atoms with Gasteiger partial charge in [0.25, 0.3) is 0 Å². The highest BCUT2D eigenvalue weighted by Gasteiger charge is 2.27. The molecule has 7 heteroatoms. The number of aryl methyl sites for hydroxylation is 1. The molecule has 0 radical (unpaired) electrons. The third kappa shape index (κ3) is 7.67. The maximum absolute atomic E-state index is 15.1. The van der Waals surface area contributed by atoms with Crippen molar-refractivity contribution in [3.63, 3.8) is 0 Å². The lowest BCUT2D eigenvalue weighted by Crippen LogP contribution is -2.47. The number of phenolic OH excluding ortho intramolecular Hbond substituents is 1. The van der Waals surface area contributed by atoms with Gasteiger partial charge in [-0.1, -0.05) is 53.7 Å². The number of amides is 2. The first-order chi connectivity index (χ1) is 17.1. The second-order valence-corrected chi connectivity index (χ2v) is 12.5. The van der Waals surface area contributed by atoms with Gasteiger partial charge in [-0.05, 0) is 91.1 Å². The molecule has 0 bridgehead atoms. The standard InChI is InChI=1S/C30H43F2N3O2/c1-29(2,3)23-16-19(17-24(27(23)36)30(4,5)6)8-9-20-18-21(31)10-11-25(32)26(20)34-28(37)33-22-12-14-35(7)15-13-22/h10,16-18,22,36H,8-9,11-15H2,1-7H3,(H2,33,34,37). The van der Waals surface area contributed by atoms with E-state index in [0.29, 0.717) is 24.2 Å². The maximum Gasteiger partial charge on any atom is 0.319 e. The van der Waals surface area contributed by atoms with Crippen LogP contribution in [0, 0.1) is 0 Å². The summed E-state index contributed by atoms with van der Waals surface area (Å²) in [6, 6.07) is 3.52. The highest BCUT2D eigenvalue weighted by atomic mass is 19.1. The molecule has 37 heavy (non-hydrogen) atoms. The zero-order valence-corrected chi connectivity index (χ0v) is 23.4. The molecule has 1 aromatic carbocycles. The van der Waals surface area contributed by atoms with Gasteiger partial charge in [0.2, 0.25) is 0 Å². The lowest BCUT2D eigenvalue weighted by molar-refractivity contribution is 0.215. The summed E-state index contributed by atoms with van der Waals surface area (Å²) >= 11 is 0. The Hall–Kier alpha value is -2.67. The van der Waals surface area contributed by atoms with Gasteiger partial charge in [0.05, 0.1) is 5.70 Å². The Morgan fingerprint density at radius 2 is 1.59 bits per heavy atom. The van der Waals surface area contributed by atoms with Crippen LogP contribution in [0.1, 0.15) is 83.9 Å². The highest BCUT2D eigenvalue weighted by Crippen LogP contribution is 2.40. The Morgan fingerprint density at radius 1 is 1.03 bits per heavy atom. The zero-order chi connectivity index (χ0) is 27.5. The number of likely N-dealkylation sites (tertiary alicyclic amines) is 1. The average molecular weight is 516 g/mol. The quantitative estimate of drug-likeness (QED) is 0.410. The van der Waals surface area contributed by atoms with E-state index in [1.165, 1.54) is 12.2 Å². The van der Waals surface area contributed by atoms with Crippen LogP contribution >= 0.6 is 0 Å². The Balaban J connectivity index is 1.83. The lowest BCUT2D eigenvalue weighted by Gasteiger charge is -2.29. The van der Waals surface area contributed by atoms with E-state index in [0.717, 1.165) is 42.6 Å². The summed E-state index contributed by atoms with van der Waals surface area (Å²) in [5, 5.41) is 16.6. The maximum atomic E-state index is 15.1. The summed E-state index contributed by atoms with van der Waals surface area (Å²) in [5.41, 5.74) is 2.55. The van der Waals surface area contributed by atoms with Crippen LogP contribution in [-0.2, 0) is 17.3 Å². The van der Waals surface area contributed by atoms with Gasteiger partial charge in [0.15, 0.2) is 0 Å². The van der Waals surface area contributed by atoms with Gasteiger partial charge >= 0.3 is 6.03 Å². The second-order valence-electron chi connectivity index (χ2n) is 12.5. The highest BCUT2D eigenvalue weighted by molar-refractivity contribution is 5.77. The number of allylic oxidation sites excluding steroid dienone is 5. The average Bonchev–Trinajstić information content (AvgIpc) is 2.91. The smallest absolute Gasteiger partial charge is 0.319 e. The predicted octanol–water partition coefficient (Wildman–Crippen LogP) is 6.68. The van der Waals surface area contributed by atoms with Crippen LogP contribution in [0.25, 0.3) is 0 Å². The summed E-state index contributed by atoms with van der Waals surface area (Å²) in [4.78, 5) is 15.0. The summed E-state index contributed by atoms with van der Waals surface area (Å²) in [6.07, 6.45) is 4.78. The monoisotopic (exact) mass is 515 g/mol. The Kier molecular flexibility index (Phi) is 8.89. The number of hydrogen-bond acceptors (Lipinski definition) is 3. The van der Waals surface area contributed by atoms with E-state index in [1.54, 1.807) is 0 Å². The van der Waals surface area contributed by atoms with Gasteiger partial charge in [-0.25, -0.2) is 13.6 Å². The molecule has 0 saturated carbocycles. The molecule has 2 aliphatic rings. The van der Waals surface area contributed by atoms with Crippen LogP contribution in [0.4, 0.5) is 13.6 Å². The van der Waals surface area contributed by atoms with Crippen LogP contribution in [0.5, 0.6) is 5.75 Å². The molecular weight excluding hydrogens is 472 g/mol. The van der Waals surface area contributed by atoms with E-state index in [1.807, 2.05) is 19.2 Å². The van der Waals surface area contributed by atoms with E-state index >= 15 is 4.39 Å². The van der Waals surface area contributed by atoms with Crippen molar-refractivity contribution in [2.75, 3.05) is 20.1 Å². The number of carbonyl (C=O) groups excluding carboxylic acids is 1. The van der Waals surface area contributed by atoms with Crippen LogP contribution in [0.3, 0.4) is 0 Å². The molecule has 204 valence electrons. The van der Waals surface area contributed by atoms with Crippen LogP contribution < -0.4 is 10.6 Å². The molecule has 1 fully saturated rings.